The van der Waals surface area contributed by atoms with Crippen LogP contribution in [0, 0.1) is 0 Å². The normalized spacial score (nSPS) is 23.1. The van der Waals surface area contributed by atoms with Crippen LogP contribution in [0.4, 0.5) is 0 Å². The maximum atomic E-state index is 5.12. The van der Waals surface area contributed by atoms with Crippen LogP contribution in [0.5, 0.6) is 0 Å². The Balaban J connectivity index is 2.08. The molecule has 1 unspecified atom stereocenters. The quantitative estimate of drug-likeness (QED) is 0.765. The molecule has 1 aliphatic rings. The topological polar surface area (TPSA) is 54.2 Å². The van der Waals surface area contributed by atoms with Gasteiger partial charge in [-0.2, -0.15) is 4.98 Å². The SMILES string of the molecule is CNCc1nc(C2CCCN2C)no1. The lowest BCUT2D eigenvalue weighted by Crippen LogP contribution is -2.18. The first-order valence-corrected chi connectivity index (χ1v) is 4.98. The fraction of sp³-hybridized carbons (Fsp3) is 0.778. The summed E-state index contributed by atoms with van der Waals surface area (Å²) >= 11 is 0. The minimum atomic E-state index is 0.351. The Kier molecular flexibility index (Phi) is 2.79. The maximum Gasteiger partial charge on any atom is 0.240 e. The lowest BCUT2D eigenvalue weighted by atomic mass is 10.2. The molecule has 1 aromatic rings. The van der Waals surface area contributed by atoms with Gasteiger partial charge in [0.2, 0.25) is 5.89 Å². The third kappa shape index (κ3) is 1.78. The molecule has 1 aromatic heterocycles. The van der Waals surface area contributed by atoms with E-state index in [4.69, 9.17) is 4.52 Å². The van der Waals surface area contributed by atoms with Crippen LogP contribution >= 0.6 is 0 Å². The second kappa shape index (κ2) is 4.06. The number of rotatable bonds is 3. The van der Waals surface area contributed by atoms with E-state index in [1.165, 1.54) is 6.42 Å². The highest BCUT2D eigenvalue weighted by Gasteiger charge is 2.26. The minimum absolute atomic E-state index is 0.351. The highest BCUT2D eigenvalue weighted by Crippen LogP contribution is 2.27. The van der Waals surface area contributed by atoms with Crippen LogP contribution in [-0.4, -0.2) is 35.7 Å². The van der Waals surface area contributed by atoms with Crippen LogP contribution in [0.15, 0.2) is 4.52 Å². The predicted molar refractivity (Wildman–Crippen MR) is 51.7 cm³/mol. The van der Waals surface area contributed by atoms with Crippen molar-refractivity contribution < 1.29 is 4.52 Å². The molecule has 2 rings (SSSR count). The fourth-order valence-electron chi connectivity index (χ4n) is 1.86. The highest BCUT2D eigenvalue weighted by molar-refractivity contribution is 4.97. The molecule has 1 N–H and O–H groups in total. The molecule has 1 atom stereocenters. The molecule has 1 fully saturated rings. The van der Waals surface area contributed by atoms with Gasteiger partial charge in [-0.05, 0) is 33.5 Å². The highest BCUT2D eigenvalue weighted by atomic mass is 16.5. The molecule has 1 aliphatic heterocycles. The van der Waals surface area contributed by atoms with Crippen molar-refractivity contribution >= 4 is 0 Å². The zero-order valence-corrected chi connectivity index (χ0v) is 8.66. The van der Waals surface area contributed by atoms with Gasteiger partial charge in [0.05, 0.1) is 12.6 Å². The van der Waals surface area contributed by atoms with Gasteiger partial charge < -0.3 is 9.84 Å². The third-order valence-electron chi connectivity index (χ3n) is 2.63. The summed E-state index contributed by atoms with van der Waals surface area (Å²) in [5.41, 5.74) is 0. The summed E-state index contributed by atoms with van der Waals surface area (Å²) in [7, 11) is 3.97. The van der Waals surface area contributed by atoms with Gasteiger partial charge in [-0.15, -0.1) is 0 Å². The largest absolute Gasteiger partial charge is 0.338 e. The first-order valence-electron chi connectivity index (χ1n) is 4.98. The molecule has 2 heterocycles. The molecular formula is C9H16N4O. The van der Waals surface area contributed by atoms with Crippen LogP contribution < -0.4 is 5.32 Å². The van der Waals surface area contributed by atoms with Crippen LogP contribution in [0.3, 0.4) is 0 Å². The van der Waals surface area contributed by atoms with Crippen molar-refractivity contribution in [3.8, 4) is 0 Å². The lowest BCUT2D eigenvalue weighted by molar-refractivity contribution is 0.292. The van der Waals surface area contributed by atoms with Crippen LogP contribution in [0.1, 0.15) is 30.6 Å². The predicted octanol–water partition coefficient (Wildman–Crippen LogP) is 0.556. The summed E-state index contributed by atoms with van der Waals surface area (Å²) in [5, 5.41) is 6.99. The number of likely N-dealkylation sites (tertiary alicyclic amines) is 1. The van der Waals surface area contributed by atoms with Gasteiger partial charge in [0.25, 0.3) is 0 Å². The number of nitrogens with one attached hydrogen (secondary N) is 1. The molecule has 5 nitrogen and oxygen atoms in total. The van der Waals surface area contributed by atoms with E-state index >= 15 is 0 Å². The van der Waals surface area contributed by atoms with E-state index < -0.39 is 0 Å². The number of aromatic nitrogens is 2. The van der Waals surface area contributed by atoms with Crippen molar-refractivity contribution in [1.82, 2.24) is 20.4 Å². The van der Waals surface area contributed by atoms with E-state index in [-0.39, 0.29) is 0 Å². The number of hydrogen-bond donors (Lipinski definition) is 1. The second-order valence-corrected chi connectivity index (χ2v) is 3.72. The maximum absolute atomic E-state index is 5.12. The molecule has 0 spiro atoms. The van der Waals surface area contributed by atoms with Crippen molar-refractivity contribution in [3.05, 3.63) is 11.7 Å². The van der Waals surface area contributed by atoms with Crippen molar-refractivity contribution in [2.75, 3.05) is 20.6 Å². The smallest absolute Gasteiger partial charge is 0.240 e. The standard InChI is InChI=1S/C9H16N4O/c1-10-6-8-11-9(12-14-8)7-4-3-5-13(7)2/h7,10H,3-6H2,1-2H3. The number of hydrogen-bond acceptors (Lipinski definition) is 5. The molecule has 0 saturated carbocycles. The Morgan fingerprint density at radius 3 is 3.14 bits per heavy atom. The molecule has 1 saturated heterocycles. The summed E-state index contributed by atoms with van der Waals surface area (Å²) < 4.78 is 5.12. The van der Waals surface area contributed by atoms with Crippen molar-refractivity contribution in [3.63, 3.8) is 0 Å². The van der Waals surface area contributed by atoms with E-state index in [0.29, 0.717) is 18.5 Å². The van der Waals surface area contributed by atoms with Crippen LogP contribution in [0.25, 0.3) is 0 Å². The summed E-state index contributed by atoms with van der Waals surface area (Å²) in [5.74, 6) is 1.50. The monoisotopic (exact) mass is 196 g/mol. The van der Waals surface area contributed by atoms with Crippen LogP contribution in [0.2, 0.25) is 0 Å². The van der Waals surface area contributed by atoms with Gasteiger partial charge in [0.15, 0.2) is 5.82 Å². The van der Waals surface area contributed by atoms with Crippen molar-refractivity contribution in [2.24, 2.45) is 0 Å². The van der Waals surface area contributed by atoms with Crippen molar-refractivity contribution in [2.45, 2.75) is 25.4 Å². The van der Waals surface area contributed by atoms with Gasteiger partial charge in [0, 0.05) is 0 Å². The van der Waals surface area contributed by atoms with Gasteiger partial charge in [-0.25, -0.2) is 0 Å². The Bertz CT molecular complexity index is 299. The summed E-state index contributed by atoms with van der Waals surface area (Å²) in [6.45, 7) is 1.77. The molecule has 14 heavy (non-hydrogen) atoms. The summed E-state index contributed by atoms with van der Waals surface area (Å²) in [4.78, 5) is 6.62. The Morgan fingerprint density at radius 1 is 1.64 bits per heavy atom. The van der Waals surface area contributed by atoms with Gasteiger partial charge >= 0.3 is 0 Å². The fourth-order valence-corrected chi connectivity index (χ4v) is 1.86. The van der Waals surface area contributed by atoms with E-state index in [0.717, 1.165) is 18.8 Å². The average molecular weight is 196 g/mol. The molecule has 0 aliphatic carbocycles. The lowest BCUT2D eigenvalue weighted by Gasteiger charge is -2.14. The average Bonchev–Trinajstić information content (AvgIpc) is 2.74. The van der Waals surface area contributed by atoms with E-state index in [9.17, 15) is 0 Å². The molecule has 78 valence electrons. The molecule has 0 bridgehead atoms. The first kappa shape index (κ1) is 9.61. The zero-order chi connectivity index (χ0) is 9.97. The Labute approximate surface area is 83.5 Å². The van der Waals surface area contributed by atoms with Gasteiger partial charge in [0.1, 0.15) is 0 Å². The third-order valence-corrected chi connectivity index (χ3v) is 2.63. The van der Waals surface area contributed by atoms with Gasteiger partial charge in [-0.1, -0.05) is 5.16 Å². The second-order valence-electron chi connectivity index (χ2n) is 3.72. The molecular weight excluding hydrogens is 180 g/mol. The Hall–Kier alpha value is -0.940. The van der Waals surface area contributed by atoms with E-state index in [2.05, 4.69) is 27.4 Å². The first-order chi connectivity index (χ1) is 6.81. The summed E-state index contributed by atoms with van der Waals surface area (Å²) in [6, 6.07) is 0.351. The summed E-state index contributed by atoms with van der Waals surface area (Å²) in [6.07, 6.45) is 2.35. The van der Waals surface area contributed by atoms with E-state index in [1.807, 2.05) is 7.05 Å². The van der Waals surface area contributed by atoms with Gasteiger partial charge in [-0.3, -0.25) is 4.90 Å². The number of nitrogens with zero attached hydrogens (tertiary/aromatic N) is 3. The molecule has 0 amide bonds. The molecule has 0 radical (unpaired) electrons. The molecule has 0 aromatic carbocycles. The molecule has 5 heteroatoms. The zero-order valence-electron chi connectivity index (χ0n) is 8.66. The Morgan fingerprint density at radius 2 is 2.50 bits per heavy atom. The van der Waals surface area contributed by atoms with Crippen LogP contribution in [-0.2, 0) is 6.54 Å². The minimum Gasteiger partial charge on any atom is -0.338 e. The van der Waals surface area contributed by atoms with Crippen molar-refractivity contribution in [1.29, 1.82) is 0 Å². The van der Waals surface area contributed by atoms with E-state index in [1.54, 1.807) is 0 Å².